The van der Waals surface area contributed by atoms with Gasteiger partial charge in [-0.1, -0.05) is 12.8 Å². The van der Waals surface area contributed by atoms with Gasteiger partial charge in [-0.05, 0) is 45.5 Å². The van der Waals surface area contributed by atoms with E-state index in [1.54, 1.807) is 0 Å². The number of rotatable bonds is 3. The van der Waals surface area contributed by atoms with E-state index >= 15 is 0 Å². The summed E-state index contributed by atoms with van der Waals surface area (Å²) in [6.07, 6.45) is 9.19. The summed E-state index contributed by atoms with van der Waals surface area (Å²) in [5.74, 6) is 1.27. The molecule has 1 atom stereocenters. The topological polar surface area (TPSA) is 15.3 Å². The summed E-state index contributed by atoms with van der Waals surface area (Å²) in [6.45, 7) is 6.19. The van der Waals surface area contributed by atoms with Crippen LogP contribution in [0.2, 0.25) is 0 Å². The predicted octanol–water partition coefficient (Wildman–Crippen LogP) is 2.35. The van der Waals surface area contributed by atoms with Gasteiger partial charge in [0.1, 0.15) is 0 Å². The Balaban J connectivity index is 1.97. The second-order valence-corrected chi connectivity index (χ2v) is 6.45. The van der Waals surface area contributed by atoms with Crippen LogP contribution in [0.25, 0.3) is 0 Å². The van der Waals surface area contributed by atoms with Crippen molar-refractivity contribution in [2.45, 2.75) is 50.6 Å². The Labute approximate surface area is 105 Å². The molecule has 2 fully saturated rings. The van der Waals surface area contributed by atoms with E-state index in [4.69, 9.17) is 0 Å². The molecule has 2 aliphatic rings. The minimum absolute atomic E-state index is 0.475. The molecular weight excluding hydrogens is 216 g/mol. The quantitative estimate of drug-likeness (QED) is 0.818. The van der Waals surface area contributed by atoms with Crippen molar-refractivity contribution in [3.05, 3.63) is 0 Å². The van der Waals surface area contributed by atoms with Crippen molar-refractivity contribution in [2.75, 3.05) is 31.6 Å². The van der Waals surface area contributed by atoms with Crippen molar-refractivity contribution in [3.8, 4) is 0 Å². The fraction of sp³-hybridized carbons (Fsp3) is 1.00. The fourth-order valence-corrected chi connectivity index (χ4v) is 3.96. The van der Waals surface area contributed by atoms with Crippen LogP contribution in [0.5, 0.6) is 0 Å². The maximum absolute atomic E-state index is 3.84. The molecular formula is C13H26N2S. The third-order valence-electron chi connectivity index (χ3n) is 4.22. The molecule has 0 aromatic carbocycles. The Bertz CT molecular complexity index is 214. The average molecular weight is 242 g/mol. The van der Waals surface area contributed by atoms with E-state index in [0.717, 1.165) is 6.04 Å². The zero-order valence-electron chi connectivity index (χ0n) is 10.8. The van der Waals surface area contributed by atoms with E-state index in [9.17, 15) is 0 Å². The molecule has 1 aliphatic carbocycles. The molecule has 1 N–H and O–H groups in total. The number of hydrogen-bond acceptors (Lipinski definition) is 3. The molecule has 16 heavy (non-hydrogen) atoms. The molecule has 1 saturated carbocycles. The predicted molar refractivity (Wildman–Crippen MR) is 73.2 cm³/mol. The van der Waals surface area contributed by atoms with Gasteiger partial charge in [-0.15, -0.1) is 0 Å². The monoisotopic (exact) mass is 242 g/mol. The van der Waals surface area contributed by atoms with Crippen molar-refractivity contribution in [1.82, 2.24) is 10.2 Å². The average Bonchev–Trinajstić information content (AvgIpc) is 2.60. The molecule has 0 radical (unpaired) electrons. The summed E-state index contributed by atoms with van der Waals surface area (Å²) in [6, 6.07) is 0.743. The highest BCUT2D eigenvalue weighted by atomic mass is 32.2. The first-order chi connectivity index (χ1) is 7.76. The molecule has 1 aliphatic heterocycles. The maximum atomic E-state index is 3.84. The SMILES string of the molecule is CSCC(C)N1CCCNC2(CCCC2)C1. The lowest BCUT2D eigenvalue weighted by Crippen LogP contribution is -2.51. The third-order valence-corrected chi connectivity index (χ3v) is 5.04. The van der Waals surface area contributed by atoms with E-state index < -0.39 is 0 Å². The lowest BCUT2D eigenvalue weighted by atomic mass is 9.97. The molecule has 1 unspecified atom stereocenters. The standard InChI is InChI=1S/C13H26N2S/c1-12(10-16-2)15-9-5-8-14-13(11-15)6-3-4-7-13/h12,14H,3-11H2,1-2H3. The van der Waals surface area contributed by atoms with Crippen LogP contribution in [-0.2, 0) is 0 Å². The lowest BCUT2D eigenvalue weighted by molar-refractivity contribution is 0.177. The van der Waals surface area contributed by atoms with Gasteiger partial charge < -0.3 is 5.32 Å². The second kappa shape index (κ2) is 5.74. The second-order valence-electron chi connectivity index (χ2n) is 5.54. The Morgan fingerprint density at radius 1 is 1.31 bits per heavy atom. The van der Waals surface area contributed by atoms with Crippen molar-refractivity contribution in [3.63, 3.8) is 0 Å². The van der Waals surface area contributed by atoms with Crippen molar-refractivity contribution >= 4 is 11.8 Å². The highest BCUT2D eigenvalue weighted by Crippen LogP contribution is 2.32. The first-order valence-electron chi connectivity index (χ1n) is 6.74. The van der Waals surface area contributed by atoms with E-state index in [2.05, 4.69) is 23.4 Å². The van der Waals surface area contributed by atoms with Crippen molar-refractivity contribution in [1.29, 1.82) is 0 Å². The summed E-state index contributed by atoms with van der Waals surface area (Å²) in [5.41, 5.74) is 0.475. The van der Waals surface area contributed by atoms with Crippen LogP contribution in [-0.4, -0.2) is 48.1 Å². The number of hydrogen-bond donors (Lipinski definition) is 1. The Morgan fingerprint density at radius 2 is 2.06 bits per heavy atom. The van der Waals surface area contributed by atoms with Gasteiger partial charge in [0, 0.05) is 23.9 Å². The first kappa shape index (κ1) is 12.7. The Hall–Kier alpha value is 0.270. The molecule has 1 heterocycles. The van der Waals surface area contributed by atoms with Gasteiger partial charge in [0.15, 0.2) is 0 Å². The van der Waals surface area contributed by atoms with E-state index in [1.807, 2.05) is 11.8 Å². The first-order valence-corrected chi connectivity index (χ1v) is 8.13. The van der Waals surface area contributed by atoms with Gasteiger partial charge in [-0.25, -0.2) is 0 Å². The van der Waals surface area contributed by atoms with Crippen molar-refractivity contribution < 1.29 is 0 Å². The summed E-state index contributed by atoms with van der Waals surface area (Å²) in [5, 5.41) is 3.84. The Kier molecular flexibility index (Phi) is 4.57. The highest BCUT2D eigenvalue weighted by molar-refractivity contribution is 7.98. The smallest absolute Gasteiger partial charge is 0.0308 e. The minimum Gasteiger partial charge on any atom is -0.310 e. The molecule has 0 aromatic heterocycles. The molecule has 2 rings (SSSR count). The van der Waals surface area contributed by atoms with Gasteiger partial charge in [-0.2, -0.15) is 11.8 Å². The number of thioether (sulfide) groups is 1. The summed E-state index contributed by atoms with van der Waals surface area (Å²) >= 11 is 1.98. The summed E-state index contributed by atoms with van der Waals surface area (Å²) < 4.78 is 0. The zero-order chi connectivity index (χ0) is 11.4. The van der Waals surface area contributed by atoms with E-state index in [1.165, 1.54) is 57.5 Å². The van der Waals surface area contributed by atoms with Gasteiger partial charge in [0.2, 0.25) is 0 Å². The minimum atomic E-state index is 0.475. The van der Waals surface area contributed by atoms with Crippen LogP contribution in [0.1, 0.15) is 39.0 Å². The van der Waals surface area contributed by atoms with E-state index in [-0.39, 0.29) is 0 Å². The zero-order valence-corrected chi connectivity index (χ0v) is 11.6. The van der Waals surface area contributed by atoms with Crippen LogP contribution in [0.3, 0.4) is 0 Å². The van der Waals surface area contributed by atoms with Crippen LogP contribution in [0.15, 0.2) is 0 Å². The molecule has 0 amide bonds. The highest BCUT2D eigenvalue weighted by Gasteiger charge is 2.37. The van der Waals surface area contributed by atoms with Crippen LogP contribution in [0, 0.1) is 0 Å². The molecule has 0 aromatic rings. The van der Waals surface area contributed by atoms with Gasteiger partial charge in [0.25, 0.3) is 0 Å². The normalized spacial score (nSPS) is 28.1. The molecule has 1 spiro atoms. The van der Waals surface area contributed by atoms with Crippen LogP contribution >= 0.6 is 11.8 Å². The summed E-state index contributed by atoms with van der Waals surface area (Å²) in [4.78, 5) is 2.72. The largest absolute Gasteiger partial charge is 0.310 e. The Morgan fingerprint density at radius 3 is 2.75 bits per heavy atom. The molecule has 2 nitrogen and oxygen atoms in total. The lowest BCUT2D eigenvalue weighted by Gasteiger charge is -2.36. The number of nitrogens with zero attached hydrogens (tertiary/aromatic N) is 1. The van der Waals surface area contributed by atoms with Crippen molar-refractivity contribution in [2.24, 2.45) is 0 Å². The van der Waals surface area contributed by atoms with E-state index in [0.29, 0.717) is 5.54 Å². The van der Waals surface area contributed by atoms with Gasteiger partial charge in [0.05, 0.1) is 0 Å². The maximum Gasteiger partial charge on any atom is 0.0308 e. The summed E-state index contributed by atoms with van der Waals surface area (Å²) in [7, 11) is 0. The number of nitrogens with one attached hydrogen (secondary N) is 1. The van der Waals surface area contributed by atoms with Crippen LogP contribution < -0.4 is 5.32 Å². The van der Waals surface area contributed by atoms with Crippen LogP contribution in [0.4, 0.5) is 0 Å². The van der Waals surface area contributed by atoms with Gasteiger partial charge in [-0.3, -0.25) is 4.90 Å². The van der Waals surface area contributed by atoms with Gasteiger partial charge >= 0.3 is 0 Å². The molecule has 94 valence electrons. The molecule has 1 saturated heterocycles. The third kappa shape index (κ3) is 2.93. The molecule has 3 heteroatoms. The fourth-order valence-electron chi connectivity index (χ4n) is 3.27. The molecule has 0 bridgehead atoms.